The van der Waals surface area contributed by atoms with Crippen molar-refractivity contribution in [3.63, 3.8) is 0 Å². The first-order chi connectivity index (χ1) is 45.0. The highest BCUT2D eigenvalue weighted by molar-refractivity contribution is 5.78. The first kappa shape index (κ1) is 52.0. The van der Waals surface area contributed by atoms with E-state index in [1.807, 2.05) is 0 Å². The fourth-order valence-corrected chi connectivity index (χ4v) is 9.48. The molecule has 8 rings (SSSR count). The van der Waals surface area contributed by atoms with E-state index in [0.29, 0.717) is 48.5 Å². The van der Waals surface area contributed by atoms with Gasteiger partial charge in [-0.05, 0) is 143 Å². The lowest BCUT2D eigenvalue weighted by Crippen LogP contribution is -2.32. The summed E-state index contributed by atoms with van der Waals surface area (Å²) in [4.78, 5) is 27.1. The third-order valence-corrected chi connectivity index (χ3v) is 13.9. The molecule has 0 radical (unpaired) electrons. The van der Waals surface area contributed by atoms with E-state index >= 15 is 4.39 Å². The molecular formula is C60H50F20N2O6. The molecule has 2 saturated heterocycles. The first-order valence-corrected chi connectivity index (χ1v) is 25.1. The Labute approximate surface area is 505 Å². The maximum absolute atomic E-state index is 15.4. The standard InChI is InChI=1S/2C30H25F10NO3/c2*1-14(2)22-11-23(25(43-4)12-24(22)31)21-6-5-18(28(32,33)34)9-17(21)13-41-15(3)26(44-27(41)42)16-7-19(29(35,36)37)10-20(8-16)30(38,39)40/h2*5-12,14-15,26H,13H2,1-4H3/t2*15-,26-/m00/s1/i1D3,4D3,13D2,14D;4D3/t14?,15-,26-;m. The topological polar surface area (TPSA) is 77.5 Å². The number of carbonyl (C=O) groups is 2. The molecule has 2 amide bonds. The van der Waals surface area contributed by atoms with Crippen LogP contribution in [0.1, 0.15) is 149 Å². The minimum absolute atomic E-state index is 0.0442. The third-order valence-electron chi connectivity index (χ3n) is 13.9. The van der Waals surface area contributed by atoms with Gasteiger partial charge in [0.2, 0.25) is 0 Å². The number of carbonyl (C=O) groups excluding carboxylic acids is 2. The van der Waals surface area contributed by atoms with E-state index in [9.17, 15) is 93.0 Å². The van der Waals surface area contributed by atoms with Gasteiger partial charge in [0.1, 0.15) is 35.3 Å². The molecular weight excluding hydrogens is 1220 g/mol. The average molecular weight is 1290 g/mol. The van der Waals surface area contributed by atoms with Crippen LogP contribution in [0.3, 0.4) is 0 Å². The Morgan fingerprint density at radius 2 is 0.852 bits per heavy atom. The van der Waals surface area contributed by atoms with Crippen LogP contribution < -0.4 is 9.47 Å². The quantitative estimate of drug-likeness (QED) is 0.114. The van der Waals surface area contributed by atoms with Crippen LogP contribution in [0.2, 0.25) is 0 Å². The zero-order valence-electron chi connectivity index (χ0n) is 57.2. The van der Waals surface area contributed by atoms with E-state index in [4.69, 9.17) is 35.4 Å². The smallest absolute Gasteiger partial charge is 0.416 e. The first-order valence-electron chi connectivity index (χ1n) is 31.1. The lowest BCUT2D eigenvalue weighted by atomic mass is 9.91. The van der Waals surface area contributed by atoms with Gasteiger partial charge in [-0.2, -0.15) is 79.0 Å². The number of alkyl halides is 18. The largest absolute Gasteiger partial charge is 0.496 e. The molecule has 5 atom stereocenters. The fraction of sp³-hybridized carbons (Fsp3) is 0.367. The molecule has 88 heavy (non-hydrogen) atoms. The maximum Gasteiger partial charge on any atom is 0.416 e. The minimum Gasteiger partial charge on any atom is -0.496 e. The van der Waals surface area contributed by atoms with E-state index in [0.717, 1.165) is 30.9 Å². The van der Waals surface area contributed by atoms with Crippen molar-refractivity contribution in [3.05, 3.63) is 175 Å². The van der Waals surface area contributed by atoms with Crippen molar-refractivity contribution < 1.29 is 133 Å². The Bertz CT molecular complexity index is 4030. The van der Waals surface area contributed by atoms with Crippen LogP contribution in [0.15, 0.2) is 97.1 Å². The summed E-state index contributed by atoms with van der Waals surface area (Å²) in [5, 5.41) is 0. The van der Waals surface area contributed by atoms with E-state index in [2.05, 4.69) is 0 Å². The molecule has 0 saturated carbocycles. The summed E-state index contributed by atoms with van der Waals surface area (Å²) in [6.45, 7) is -1.53. The monoisotopic (exact) mass is 1290 g/mol. The number of rotatable bonds is 12. The van der Waals surface area contributed by atoms with Crippen LogP contribution in [0.25, 0.3) is 22.3 Å². The number of ether oxygens (including phenoxy) is 4. The number of halogens is 20. The van der Waals surface area contributed by atoms with Gasteiger partial charge in [0.15, 0.2) is 0 Å². The molecule has 2 fully saturated rings. The fourth-order valence-electron chi connectivity index (χ4n) is 9.48. The lowest BCUT2D eigenvalue weighted by molar-refractivity contribution is -0.144. The van der Waals surface area contributed by atoms with Crippen molar-refractivity contribution in [2.24, 2.45) is 0 Å². The summed E-state index contributed by atoms with van der Waals surface area (Å²) < 4.78 is 391. The molecule has 6 aromatic rings. The number of cyclic esters (lactones) is 2. The predicted octanol–water partition coefficient (Wildman–Crippen LogP) is 19.5. The maximum atomic E-state index is 15.4. The lowest BCUT2D eigenvalue weighted by Gasteiger charge is -2.24. The molecule has 2 aliphatic heterocycles. The summed E-state index contributed by atoms with van der Waals surface area (Å²) in [6.07, 6.45) is -38.1. The third kappa shape index (κ3) is 14.6. The van der Waals surface area contributed by atoms with Gasteiger partial charge in [-0.3, -0.25) is 9.80 Å². The van der Waals surface area contributed by atoms with Crippen LogP contribution in [0.5, 0.6) is 11.5 Å². The molecule has 0 aliphatic carbocycles. The van der Waals surface area contributed by atoms with Crippen molar-refractivity contribution >= 4 is 12.2 Å². The normalized spacial score (nSPS) is 21.1. The highest BCUT2D eigenvalue weighted by Gasteiger charge is 2.46. The number of methoxy groups -OCH3 is 2. The number of benzene rings is 6. The number of hydrogen-bond acceptors (Lipinski definition) is 6. The predicted molar refractivity (Wildman–Crippen MR) is 276 cm³/mol. The Morgan fingerprint density at radius 3 is 1.24 bits per heavy atom. The number of nitrogens with zero attached hydrogens (tertiary/aromatic N) is 2. The average Bonchev–Trinajstić information content (AvgIpc) is 1.36. The van der Waals surface area contributed by atoms with Crippen molar-refractivity contribution in [2.45, 2.75) is 128 Å². The van der Waals surface area contributed by atoms with Gasteiger partial charge in [-0.25, -0.2) is 18.4 Å². The molecule has 476 valence electrons. The van der Waals surface area contributed by atoms with Gasteiger partial charge in [0.05, 0.1) is 83.5 Å². The van der Waals surface area contributed by atoms with Gasteiger partial charge < -0.3 is 18.9 Å². The molecule has 2 aliphatic rings. The molecule has 8 nitrogen and oxygen atoms in total. The summed E-state index contributed by atoms with van der Waals surface area (Å²) >= 11 is 0. The summed E-state index contributed by atoms with van der Waals surface area (Å²) in [5.74, 6) is -7.27. The van der Waals surface area contributed by atoms with Crippen molar-refractivity contribution in [2.75, 3.05) is 14.1 Å². The number of hydrogen-bond donors (Lipinski definition) is 0. The van der Waals surface area contributed by atoms with Gasteiger partial charge in [0.25, 0.3) is 0 Å². The van der Waals surface area contributed by atoms with Gasteiger partial charge in [-0.15, -0.1) is 0 Å². The van der Waals surface area contributed by atoms with Crippen LogP contribution in [-0.2, 0) is 59.6 Å². The second-order valence-electron chi connectivity index (χ2n) is 20.2. The Kier molecular flexibility index (Phi) is 14.5. The second kappa shape index (κ2) is 24.6. The van der Waals surface area contributed by atoms with Gasteiger partial charge >= 0.3 is 49.2 Å². The molecule has 0 spiro atoms. The Morgan fingerprint density at radius 1 is 0.489 bits per heavy atom. The van der Waals surface area contributed by atoms with Crippen LogP contribution in [0, 0.1) is 11.6 Å². The van der Waals surface area contributed by atoms with E-state index in [1.165, 1.54) is 13.0 Å². The van der Waals surface area contributed by atoms with Crippen molar-refractivity contribution in [1.82, 2.24) is 9.80 Å². The van der Waals surface area contributed by atoms with E-state index < -0.39 is 209 Å². The number of amides is 2. The molecule has 0 bridgehead atoms. The highest BCUT2D eigenvalue weighted by atomic mass is 19.4. The molecule has 2 heterocycles. The summed E-state index contributed by atoms with van der Waals surface area (Å²) in [6, 6.07) is 3.74. The molecule has 0 aromatic heterocycles. The summed E-state index contributed by atoms with van der Waals surface area (Å²) in [7, 11) is -6.53. The molecule has 6 aromatic carbocycles. The van der Waals surface area contributed by atoms with Crippen molar-refractivity contribution in [1.29, 1.82) is 0 Å². The summed E-state index contributed by atoms with van der Waals surface area (Å²) in [5.41, 5.74) is -15.6. The molecule has 28 heteroatoms. The van der Waals surface area contributed by atoms with E-state index in [-0.39, 0.29) is 57.5 Å². The minimum atomic E-state index is -5.35. The highest BCUT2D eigenvalue weighted by Crippen LogP contribution is 2.47. The zero-order chi connectivity index (χ0) is 76.1. The SMILES string of the molecule is [2H]C([2H])([2H])Oc1cc(F)c(C(C)C)cc1-c1ccc(C(F)(F)F)cc1CN1C(=O)O[C@H](c2cc(C(F)(F)F)cc(C(F)(F)F)c2)[C@@H]1C.[2H]C([2H])([2H])Oc1cc(F)c(C([2H])(C)C([2H])([2H])[2H])cc1-c1ccc(C(F)(F)F)cc1C([2H])([2H])N1C(=O)O[C@H](c2cc(C(F)(F)F)cc(C(F)(F)F)c2)[C@@H]1C. The second-order valence-corrected chi connectivity index (χ2v) is 20.2. The molecule has 0 N–H and O–H groups in total. The van der Waals surface area contributed by atoms with Crippen molar-refractivity contribution in [3.8, 4) is 33.8 Å². The molecule has 1 unspecified atom stereocenters. The van der Waals surface area contributed by atoms with Gasteiger partial charge in [-0.1, -0.05) is 39.8 Å². The Balaban J connectivity index is 0.000000283. The van der Waals surface area contributed by atoms with E-state index in [1.54, 1.807) is 13.8 Å². The zero-order valence-corrected chi connectivity index (χ0v) is 45.2. The van der Waals surface area contributed by atoms with Crippen LogP contribution >= 0.6 is 0 Å². The van der Waals surface area contributed by atoms with Crippen LogP contribution in [-0.4, -0.2) is 48.1 Å². The van der Waals surface area contributed by atoms with Crippen LogP contribution in [0.4, 0.5) is 97.4 Å². The Hall–Kier alpha value is -7.94. The van der Waals surface area contributed by atoms with Gasteiger partial charge in [0, 0.05) is 28.7 Å².